The molecule has 0 aromatic carbocycles. The molecule has 0 unspecified atom stereocenters. The lowest BCUT2D eigenvalue weighted by molar-refractivity contribution is -0.142. The van der Waals surface area contributed by atoms with Gasteiger partial charge in [0, 0.05) is 38.3 Å². The van der Waals surface area contributed by atoms with Gasteiger partial charge in [-0.15, -0.1) is 0 Å². The van der Waals surface area contributed by atoms with Gasteiger partial charge in [0.1, 0.15) is 6.04 Å². The molecule has 0 spiro atoms. The average molecular weight is 294 g/mol. The monoisotopic (exact) mass is 294 g/mol. The molecule has 0 amide bonds. The first-order chi connectivity index (χ1) is 9.95. The van der Waals surface area contributed by atoms with Crippen LogP contribution in [-0.2, 0) is 17.8 Å². The predicted molar refractivity (Wildman–Crippen MR) is 81.0 cm³/mol. The minimum absolute atomic E-state index is 0.0930. The van der Waals surface area contributed by atoms with Crippen LogP contribution in [0.1, 0.15) is 32.4 Å². The van der Waals surface area contributed by atoms with Crippen molar-refractivity contribution in [3.05, 3.63) is 18.2 Å². The topological polar surface area (TPSA) is 84.4 Å². The molecule has 6 nitrogen and oxygen atoms in total. The van der Waals surface area contributed by atoms with Crippen molar-refractivity contribution in [2.24, 2.45) is 11.7 Å². The van der Waals surface area contributed by atoms with Crippen molar-refractivity contribution in [3.8, 4) is 0 Å². The van der Waals surface area contributed by atoms with Crippen LogP contribution in [0.5, 0.6) is 0 Å². The molecule has 1 aliphatic rings. The first kappa shape index (κ1) is 16.0. The first-order valence-corrected chi connectivity index (χ1v) is 7.68. The third-order valence-corrected chi connectivity index (χ3v) is 4.04. The lowest BCUT2D eigenvalue weighted by Crippen LogP contribution is -2.42. The SMILES string of the molecule is CC(C)CCn1cnc(C[C@@H](C(=O)O)N2CC[C@H](N)C2)c1. The number of carboxylic acid groups (broad SMARTS) is 1. The number of carbonyl (C=O) groups is 1. The molecule has 0 aliphatic carbocycles. The van der Waals surface area contributed by atoms with Crippen LogP contribution in [0.4, 0.5) is 0 Å². The maximum atomic E-state index is 11.5. The summed E-state index contributed by atoms with van der Waals surface area (Å²) in [6.07, 6.45) is 6.17. The third-order valence-electron chi connectivity index (χ3n) is 4.04. The van der Waals surface area contributed by atoms with Crippen LogP contribution >= 0.6 is 0 Å². The number of nitrogens with zero attached hydrogens (tertiary/aromatic N) is 3. The van der Waals surface area contributed by atoms with E-state index in [0.717, 1.165) is 31.6 Å². The van der Waals surface area contributed by atoms with Crippen LogP contribution in [-0.4, -0.2) is 50.7 Å². The highest BCUT2D eigenvalue weighted by Crippen LogP contribution is 2.15. The van der Waals surface area contributed by atoms with Gasteiger partial charge in [-0.1, -0.05) is 13.8 Å². The molecule has 1 aromatic heterocycles. The minimum atomic E-state index is -0.791. The molecule has 2 heterocycles. The van der Waals surface area contributed by atoms with Crippen LogP contribution < -0.4 is 5.73 Å². The van der Waals surface area contributed by atoms with Gasteiger partial charge in [-0.3, -0.25) is 9.69 Å². The molecule has 118 valence electrons. The Hall–Kier alpha value is -1.40. The largest absolute Gasteiger partial charge is 0.480 e. The number of aliphatic carboxylic acids is 1. The molecule has 21 heavy (non-hydrogen) atoms. The van der Waals surface area contributed by atoms with Gasteiger partial charge in [0.05, 0.1) is 12.0 Å². The van der Waals surface area contributed by atoms with Crippen LogP contribution in [0.25, 0.3) is 0 Å². The summed E-state index contributed by atoms with van der Waals surface area (Å²) in [6, 6.07) is -0.428. The van der Waals surface area contributed by atoms with Crippen LogP contribution in [0.3, 0.4) is 0 Å². The van der Waals surface area contributed by atoms with Crippen molar-refractivity contribution in [2.45, 2.75) is 51.7 Å². The molecule has 1 saturated heterocycles. The van der Waals surface area contributed by atoms with E-state index in [9.17, 15) is 9.90 Å². The highest BCUT2D eigenvalue weighted by molar-refractivity contribution is 5.73. The molecule has 0 saturated carbocycles. The number of rotatable bonds is 7. The van der Waals surface area contributed by atoms with Gasteiger partial charge in [0.25, 0.3) is 0 Å². The predicted octanol–water partition coefficient (Wildman–Crippen LogP) is 0.958. The number of carboxylic acids is 1. The van der Waals surface area contributed by atoms with E-state index in [1.807, 2.05) is 15.7 Å². The summed E-state index contributed by atoms with van der Waals surface area (Å²) >= 11 is 0. The molecule has 1 fully saturated rings. The number of hydrogen-bond acceptors (Lipinski definition) is 4. The van der Waals surface area contributed by atoms with Crippen molar-refractivity contribution in [2.75, 3.05) is 13.1 Å². The molecule has 0 bridgehead atoms. The highest BCUT2D eigenvalue weighted by Gasteiger charge is 2.31. The third kappa shape index (κ3) is 4.54. The van der Waals surface area contributed by atoms with Crippen molar-refractivity contribution in [1.29, 1.82) is 0 Å². The van der Waals surface area contributed by atoms with E-state index in [2.05, 4.69) is 18.8 Å². The maximum absolute atomic E-state index is 11.5. The molecule has 2 atom stereocenters. The minimum Gasteiger partial charge on any atom is -0.480 e. The van der Waals surface area contributed by atoms with E-state index in [1.165, 1.54) is 0 Å². The second-order valence-corrected chi connectivity index (χ2v) is 6.39. The van der Waals surface area contributed by atoms with Gasteiger partial charge in [-0.25, -0.2) is 4.98 Å². The summed E-state index contributed by atoms with van der Waals surface area (Å²) in [5.41, 5.74) is 6.71. The lowest BCUT2D eigenvalue weighted by atomic mass is 10.1. The Balaban J connectivity index is 1.96. The first-order valence-electron chi connectivity index (χ1n) is 7.68. The number of aryl methyl sites for hydroxylation is 1. The van der Waals surface area contributed by atoms with Gasteiger partial charge >= 0.3 is 5.97 Å². The molecule has 0 radical (unpaired) electrons. The normalized spacial score (nSPS) is 21.0. The second kappa shape index (κ2) is 7.04. The average Bonchev–Trinajstić information content (AvgIpc) is 3.02. The Morgan fingerprint density at radius 3 is 2.90 bits per heavy atom. The smallest absolute Gasteiger partial charge is 0.321 e. The van der Waals surface area contributed by atoms with Crippen molar-refractivity contribution >= 4 is 5.97 Å². The standard InChI is InChI=1S/C15H26N4O2/c1-11(2)3-5-18-9-13(17-10-18)7-14(15(20)21)19-6-4-12(16)8-19/h9-12,14H,3-8,16H2,1-2H3,(H,20,21)/t12-,14-/m0/s1. The van der Waals surface area contributed by atoms with Gasteiger partial charge in [-0.2, -0.15) is 0 Å². The lowest BCUT2D eigenvalue weighted by Gasteiger charge is -2.23. The zero-order chi connectivity index (χ0) is 15.4. The highest BCUT2D eigenvalue weighted by atomic mass is 16.4. The van der Waals surface area contributed by atoms with E-state index in [1.54, 1.807) is 6.33 Å². The summed E-state index contributed by atoms with van der Waals surface area (Å²) in [4.78, 5) is 17.8. The van der Waals surface area contributed by atoms with Crippen LogP contribution in [0, 0.1) is 5.92 Å². The summed E-state index contributed by atoms with van der Waals surface area (Å²) in [5.74, 6) is -0.144. The molecule has 1 aromatic rings. The maximum Gasteiger partial charge on any atom is 0.321 e. The summed E-state index contributed by atoms with van der Waals surface area (Å²) < 4.78 is 2.05. The molecule has 6 heteroatoms. The van der Waals surface area contributed by atoms with Gasteiger partial charge < -0.3 is 15.4 Å². The molecular weight excluding hydrogens is 268 g/mol. The van der Waals surface area contributed by atoms with Gasteiger partial charge in [-0.05, 0) is 18.8 Å². The van der Waals surface area contributed by atoms with Gasteiger partial charge in [0.2, 0.25) is 0 Å². The van der Waals surface area contributed by atoms with E-state index >= 15 is 0 Å². The number of nitrogens with two attached hydrogens (primary N) is 1. The molecule has 2 rings (SSSR count). The Bertz CT molecular complexity index is 472. The fourth-order valence-electron chi connectivity index (χ4n) is 2.71. The van der Waals surface area contributed by atoms with E-state index in [-0.39, 0.29) is 6.04 Å². The molecule has 1 aliphatic heterocycles. The molecular formula is C15H26N4O2. The summed E-state index contributed by atoms with van der Waals surface area (Å²) in [7, 11) is 0. The number of hydrogen-bond donors (Lipinski definition) is 2. The van der Waals surface area contributed by atoms with E-state index < -0.39 is 12.0 Å². The zero-order valence-corrected chi connectivity index (χ0v) is 12.9. The van der Waals surface area contributed by atoms with E-state index in [0.29, 0.717) is 18.9 Å². The van der Waals surface area contributed by atoms with E-state index in [4.69, 9.17) is 5.73 Å². The Morgan fingerprint density at radius 1 is 1.57 bits per heavy atom. The second-order valence-electron chi connectivity index (χ2n) is 6.39. The van der Waals surface area contributed by atoms with Gasteiger partial charge in [0.15, 0.2) is 0 Å². The summed E-state index contributed by atoms with van der Waals surface area (Å²) in [6.45, 7) is 6.72. The fraction of sp³-hybridized carbons (Fsp3) is 0.733. The number of imidazole rings is 1. The van der Waals surface area contributed by atoms with Crippen molar-refractivity contribution in [1.82, 2.24) is 14.5 Å². The summed E-state index contributed by atoms with van der Waals surface area (Å²) in [5, 5.41) is 9.45. The number of aromatic nitrogens is 2. The van der Waals surface area contributed by atoms with Crippen molar-refractivity contribution in [3.63, 3.8) is 0 Å². The zero-order valence-electron chi connectivity index (χ0n) is 12.9. The van der Waals surface area contributed by atoms with Crippen LogP contribution in [0.2, 0.25) is 0 Å². The Labute approximate surface area is 125 Å². The fourth-order valence-corrected chi connectivity index (χ4v) is 2.71. The number of likely N-dealkylation sites (tertiary alicyclic amines) is 1. The van der Waals surface area contributed by atoms with Crippen molar-refractivity contribution < 1.29 is 9.90 Å². The quantitative estimate of drug-likeness (QED) is 0.782. The Kier molecular flexibility index (Phi) is 5.36. The van der Waals surface area contributed by atoms with Crippen LogP contribution in [0.15, 0.2) is 12.5 Å². The Morgan fingerprint density at radius 2 is 2.33 bits per heavy atom. The molecule has 3 N–H and O–H groups in total.